The lowest BCUT2D eigenvalue weighted by atomic mass is 10.1. The molecule has 0 aromatic heterocycles. The van der Waals surface area contributed by atoms with Gasteiger partial charge in [-0.05, 0) is 49.4 Å². The number of nitrogens with zero attached hydrogens (tertiary/aromatic N) is 1. The molecule has 1 heterocycles. The van der Waals surface area contributed by atoms with Crippen molar-refractivity contribution >= 4 is 10.0 Å². The normalized spacial score (nSPS) is 25.4. The third-order valence-electron chi connectivity index (χ3n) is 4.13. The average Bonchev–Trinajstić information content (AvgIpc) is 3.08. The summed E-state index contributed by atoms with van der Waals surface area (Å²) < 4.78 is 26.9. The molecule has 1 aliphatic carbocycles. The van der Waals surface area contributed by atoms with Gasteiger partial charge in [0.25, 0.3) is 0 Å². The predicted octanol–water partition coefficient (Wildman–Crippen LogP) is 1.20. The molecule has 1 aliphatic heterocycles. The maximum Gasteiger partial charge on any atom is 0.243 e. The van der Waals surface area contributed by atoms with Crippen LogP contribution in [-0.4, -0.2) is 37.0 Å². The average molecular weight is 291 g/mol. The van der Waals surface area contributed by atoms with E-state index in [0.29, 0.717) is 22.9 Å². The summed E-state index contributed by atoms with van der Waals surface area (Å²) in [6, 6.07) is 6.76. The number of aliphatic hydroxyl groups is 1. The van der Waals surface area contributed by atoms with E-state index >= 15 is 0 Å². The lowest BCUT2D eigenvalue weighted by Crippen LogP contribution is -2.37. The number of rotatable bonds is 2. The minimum absolute atomic E-state index is 0.193. The molecule has 1 aromatic carbocycles. The van der Waals surface area contributed by atoms with Gasteiger partial charge in [-0.1, -0.05) is 11.8 Å². The fourth-order valence-corrected chi connectivity index (χ4v) is 4.90. The van der Waals surface area contributed by atoms with E-state index in [2.05, 4.69) is 11.8 Å². The van der Waals surface area contributed by atoms with E-state index in [-0.39, 0.29) is 12.6 Å². The first-order valence-corrected chi connectivity index (χ1v) is 8.27. The van der Waals surface area contributed by atoms with Gasteiger partial charge in [0.1, 0.15) is 6.61 Å². The summed E-state index contributed by atoms with van der Waals surface area (Å²) in [5.41, 5.74) is 0.709. The minimum atomic E-state index is -3.37. The van der Waals surface area contributed by atoms with Crippen molar-refractivity contribution in [2.24, 2.45) is 5.92 Å². The number of benzene rings is 1. The summed E-state index contributed by atoms with van der Waals surface area (Å²) in [6.45, 7) is 0.468. The van der Waals surface area contributed by atoms with Gasteiger partial charge in [0.2, 0.25) is 10.0 Å². The molecule has 3 rings (SSSR count). The van der Waals surface area contributed by atoms with E-state index < -0.39 is 10.0 Å². The molecular weight excluding hydrogens is 274 g/mol. The third-order valence-corrected chi connectivity index (χ3v) is 6.06. The molecule has 1 aromatic rings. The maximum atomic E-state index is 12.6. The van der Waals surface area contributed by atoms with E-state index in [1.54, 1.807) is 28.6 Å². The molecule has 2 aliphatic rings. The van der Waals surface area contributed by atoms with Crippen LogP contribution in [0.25, 0.3) is 0 Å². The molecule has 1 saturated carbocycles. The predicted molar refractivity (Wildman–Crippen MR) is 75.4 cm³/mol. The number of hydrogen-bond donors (Lipinski definition) is 1. The van der Waals surface area contributed by atoms with Crippen LogP contribution in [0, 0.1) is 17.8 Å². The highest BCUT2D eigenvalue weighted by Crippen LogP contribution is 2.40. The summed E-state index contributed by atoms with van der Waals surface area (Å²) in [5.74, 6) is 5.85. The van der Waals surface area contributed by atoms with Crippen LogP contribution in [0.5, 0.6) is 0 Å². The van der Waals surface area contributed by atoms with E-state index in [1.807, 2.05) is 0 Å². The van der Waals surface area contributed by atoms with Gasteiger partial charge in [-0.2, -0.15) is 4.31 Å². The zero-order valence-corrected chi connectivity index (χ0v) is 11.9. The molecule has 106 valence electrons. The summed E-state index contributed by atoms with van der Waals surface area (Å²) in [4.78, 5) is 0.333. The Morgan fingerprint density at radius 1 is 1.25 bits per heavy atom. The molecule has 0 spiro atoms. The Labute approximate surface area is 119 Å². The second-order valence-electron chi connectivity index (χ2n) is 5.39. The highest BCUT2D eigenvalue weighted by molar-refractivity contribution is 7.89. The molecule has 2 bridgehead atoms. The number of sulfonamides is 1. The van der Waals surface area contributed by atoms with Crippen molar-refractivity contribution in [3.05, 3.63) is 29.8 Å². The van der Waals surface area contributed by atoms with Crippen LogP contribution in [0.15, 0.2) is 29.2 Å². The van der Waals surface area contributed by atoms with Gasteiger partial charge in [0, 0.05) is 18.2 Å². The van der Waals surface area contributed by atoms with Gasteiger partial charge >= 0.3 is 0 Å². The minimum Gasteiger partial charge on any atom is -0.384 e. The van der Waals surface area contributed by atoms with Crippen molar-refractivity contribution in [1.29, 1.82) is 0 Å². The lowest BCUT2D eigenvalue weighted by Gasteiger charge is -2.26. The fraction of sp³-hybridized carbons (Fsp3) is 0.467. The van der Waals surface area contributed by atoms with Gasteiger partial charge in [-0.15, -0.1) is 0 Å². The van der Waals surface area contributed by atoms with E-state index in [0.717, 1.165) is 19.3 Å². The van der Waals surface area contributed by atoms with Crippen molar-refractivity contribution in [3.63, 3.8) is 0 Å². The largest absolute Gasteiger partial charge is 0.384 e. The van der Waals surface area contributed by atoms with E-state index in [1.165, 1.54) is 0 Å². The number of hydrogen-bond acceptors (Lipinski definition) is 3. The van der Waals surface area contributed by atoms with Gasteiger partial charge in [0.15, 0.2) is 0 Å². The Morgan fingerprint density at radius 2 is 2.00 bits per heavy atom. The van der Waals surface area contributed by atoms with Crippen LogP contribution in [0.4, 0.5) is 0 Å². The molecule has 1 N–H and O–H groups in total. The Kier molecular flexibility index (Phi) is 3.55. The van der Waals surface area contributed by atoms with Crippen LogP contribution in [0.2, 0.25) is 0 Å². The third kappa shape index (κ3) is 2.35. The number of aliphatic hydroxyl groups excluding tert-OH is 1. The molecule has 5 heteroatoms. The van der Waals surface area contributed by atoms with Crippen molar-refractivity contribution in [2.75, 3.05) is 13.2 Å². The van der Waals surface area contributed by atoms with Gasteiger partial charge < -0.3 is 5.11 Å². The van der Waals surface area contributed by atoms with Crippen LogP contribution < -0.4 is 0 Å². The topological polar surface area (TPSA) is 57.6 Å². The zero-order valence-electron chi connectivity index (χ0n) is 11.1. The smallest absolute Gasteiger partial charge is 0.243 e. The summed E-state index contributed by atoms with van der Waals surface area (Å²) in [5, 5.41) is 8.64. The van der Waals surface area contributed by atoms with Crippen molar-refractivity contribution in [1.82, 2.24) is 4.31 Å². The molecule has 0 amide bonds. The molecule has 1 saturated heterocycles. The maximum absolute atomic E-state index is 12.6. The molecule has 2 unspecified atom stereocenters. The molecule has 2 fully saturated rings. The Bertz CT molecular complexity index is 655. The molecule has 2 atom stereocenters. The summed E-state index contributed by atoms with van der Waals surface area (Å²) >= 11 is 0. The highest BCUT2D eigenvalue weighted by Gasteiger charge is 2.44. The molecule has 0 radical (unpaired) electrons. The fourth-order valence-electron chi connectivity index (χ4n) is 3.16. The first kappa shape index (κ1) is 13.6. The Hall–Kier alpha value is -1.35. The lowest BCUT2D eigenvalue weighted by molar-refractivity contribution is 0.333. The second-order valence-corrected chi connectivity index (χ2v) is 7.28. The van der Waals surface area contributed by atoms with Crippen molar-refractivity contribution < 1.29 is 13.5 Å². The zero-order chi connectivity index (χ0) is 14.2. The van der Waals surface area contributed by atoms with Crippen LogP contribution in [-0.2, 0) is 10.0 Å². The summed E-state index contributed by atoms with van der Waals surface area (Å²) in [6.07, 6.45) is 3.16. The van der Waals surface area contributed by atoms with Crippen molar-refractivity contribution in [2.45, 2.75) is 30.2 Å². The SMILES string of the molecule is O=S(=O)(c1ccc(C#CCO)cc1)N1CC2CCC1C2. The standard InChI is InChI=1S/C15H17NO3S/c17-9-1-2-12-4-7-15(8-5-12)20(18,19)16-11-13-3-6-14(16)10-13/h4-5,7-8,13-14,17H,3,6,9-11H2. The molecule has 20 heavy (non-hydrogen) atoms. The van der Waals surface area contributed by atoms with Gasteiger partial charge in [-0.3, -0.25) is 0 Å². The van der Waals surface area contributed by atoms with E-state index in [9.17, 15) is 8.42 Å². The first-order valence-electron chi connectivity index (χ1n) is 6.83. The second kappa shape index (κ2) is 5.21. The monoisotopic (exact) mass is 291 g/mol. The number of fused-ring (bicyclic) bond motifs is 2. The van der Waals surface area contributed by atoms with Gasteiger partial charge in [0.05, 0.1) is 4.90 Å². The van der Waals surface area contributed by atoms with Crippen molar-refractivity contribution in [3.8, 4) is 11.8 Å². The summed E-state index contributed by atoms with van der Waals surface area (Å²) in [7, 11) is -3.37. The molecule has 4 nitrogen and oxygen atoms in total. The molecular formula is C15H17NO3S. The number of piperidine rings is 1. The quantitative estimate of drug-likeness (QED) is 0.833. The Balaban J connectivity index is 1.84. The highest BCUT2D eigenvalue weighted by atomic mass is 32.2. The van der Waals surface area contributed by atoms with Gasteiger partial charge in [-0.25, -0.2) is 8.42 Å². The first-order chi connectivity index (χ1) is 9.61. The van der Waals surface area contributed by atoms with Crippen LogP contribution >= 0.6 is 0 Å². The van der Waals surface area contributed by atoms with Crippen LogP contribution in [0.3, 0.4) is 0 Å². The van der Waals surface area contributed by atoms with Crippen LogP contribution in [0.1, 0.15) is 24.8 Å². The Morgan fingerprint density at radius 3 is 2.55 bits per heavy atom. The van der Waals surface area contributed by atoms with E-state index in [4.69, 9.17) is 5.11 Å².